The van der Waals surface area contributed by atoms with Gasteiger partial charge in [-0.1, -0.05) is 28.2 Å². The van der Waals surface area contributed by atoms with Gasteiger partial charge >= 0.3 is 5.97 Å². The van der Waals surface area contributed by atoms with E-state index >= 15 is 0 Å². The third kappa shape index (κ3) is 4.41. The van der Waals surface area contributed by atoms with Crippen LogP contribution < -0.4 is 4.72 Å². The predicted molar refractivity (Wildman–Crippen MR) is 103 cm³/mol. The number of carbonyl (C=O) groups excluding carboxylic acids is 1. The van der Waals surface area contributed by atoms with Crippen molar-refractivity contribution in [1.82, 2.24) is 9.59 Å². The van der Waals surface area contributed by atoms with E-state index in [2.05, 4.69) is 30.2 Å². The van der Waals surface area contributed by atoms with Gasteiger partial charge in [-0.25, -0.2) is 13.2 Å². The van der Waals surface area contributed by atoms with Crippen LogP contribution in [0.4, 0.5) is 5.69 Å². The zero-order valence-corrected chi connectivity index (χ0v) is 17.5. The minimum absolute atomic E-state index is 0.0750. The number of aromatic nitrogens is 2. The van der Waals surface area contributed by atoms with Crippen LogP contribution >= 0.6 is 50.4 Å². The molecule has 0 bridgehead atoms. The summed E-state index contributed by atoms with van der Waals surface area (Å²) in [5.41, 5.74) is 0.530. The number of anilines is 1. The van der Waals surface area contributed by atoms with E-state index in [0.29, 0.717) is 13.8 Å². The molecule has 3 aromatic rings. The lowest BCUT2D eigenvalue weighted by Gasteiger charge is -2.11. The number of hydrogen-bond donors (Lipinski definition) is 1. The first-order valence-corrected chi connectivity index (χ1v) is 11.1. The van der Waals surface area contributed by atoms with Crippen LogP contribution in [0.15, 0.2) is 44.4 Å². The van der Waals surface area contributed by atoms with Gasteiger partial charge in [0.1, 0.15) is 20.8 Å². The molecule has 0 aliphatic rings. The van der Waals surface area contributed by atoms with E-state index in [9.17, 15) is 13.2 Å². The molecule has 3 rings (SSSR count). The van der Waals surface area contributed by atoms with E-state index < -0.39 is 16.0 Å². The molecular formula is C14H9BrClN3O4S3. The molecule has 26 heavy (non-hydrogen) atoms. The molecule has 0 aliphatic heterocycles. The first-order chi connectivity index (χ1) is 12.4. The van der Waals surface area contributed by atoms with E-state index in [1.807, 2.05) is 0 Å². The third-order valence-electron chi connectivity index (χ3n) is 3.05. The normalized spacial score (nSPS) is 11.3. The van der Waals surface area contributed by atoms with Crippen molar-refractivity contribution in [2.75, 3.05) is 4.72 Å². The van der Waals surface area contributed by atoms with E-state index in [0.717, 1.165) is 22.9 Å². The lowest BCUT2D eigenvalue weighted by Crippen LogP contribution is -2.15. The Hall–Kier alpha value is -1.53. The standard InChI is InChI=1S/C14H9BrClN3O4S3/c15-11-5-6-12(24-11)26(21,22)18-9-4-2-1-3-8(9)14(20)23-7-10-13(16)25-19-17-10/h1-6,18H,7H2. The largest absolute Gasteiger partial charge is 0.455 e. The molecule has 2 aromatic heterocycles. The molecule has 12 heteroatoms. The van der Waals surface area contributed by atoms with Gasteiger partial charge in [0.2, 0.25) is 0 Å². The molecule has 0 amide bonds. The molecule has 0 atom stereocenters. The summed E-state index contributed by atoms with van der Waals surface area (Å²) in [4.78, 5) is 12.3. The number of nitrogens with one attached hydrogen (secondary N) is 1. The first kappa shape index (κ1) is 19.2. The van der Waals surface area contributed by atoms with Crippen molar-refractivity contribution in [1.29, 1.82) is 0 Å². The fourth-order valence-corrected chi connectivity index (χ4v) is 5.57. The minimum Gasteiger partial charge on any atom is -0.455 e. The van der Waals surface area contributed by atoms with Gasteiger partial charge in [-0.3, -0.25) is 4.72 Å². The smallest absolute Gasteiger partial charge is 0.340 e. The Morgan fingerprint density at radius 3 is 2.69 bits per heavy atom. The number of thiophene rings is 1. The molecule has 0 saturated heterocycles. The number of benzene rings is 1. The summed E-state index contributed by atoms with van der Waals surface area (Å²) in [6.07, 6.45) is 0. The van der Waals surface area contributed by atoms with E-state index in [1.165, 1.54) is 18.2 Å². The van der Waals surface area contributed by atoms with Gasteiger partial charge in [-0.15, -0.1) is 16.4 Å². The van der Waals surface area contributed by atoms with E-state index in [4.69, 9.17) is 16.3 Å². The number of hydrogen-bond acceptors (Lipinski definition) is 8. The van der Waals surface area contributed by atoms with Gasteiger partial charge in [0.15, 0.2) is 0 Å². The molecule has 0 fully saturated rings. The van der Waals surface area contributed by atoms with Crippen LogP contribution in [-0.2, 0) is 21.4 Å². The Balaban J connectivity index is 1.79. The lowest BCUT2D eigenvalue weighted by molar-refractivity contribution is 0.0469. The Kier molecular flexibility index (Phi) is 5.92. The second kappa shape index (κ2) is 8.01. The fraction of sp³-hybridized carbons (Fsp3) is 0.0714. The molecule has 0 saturated carbocycles. The summed E-state index contributed by atoms with van der Waals surface area (Å²) in [6, 6.07) is 9.26. The highest BCUT2D eigenvalue weighted by atomic mass is 79.9. The number of nitrogens with zero attached hydrogens (tertiary/aromatic N) is 2. The molecule has 1 N–H and O–H groups in total. The summed E-state index contributed by atoms with van der Waals surface area (Å²) in [7, 11) is -3.82. The van der Waals surface area contributed by atoms with Crippen molar-refractivity contribution in [3.63, 3.8) is 0 Å². The summed E-state index contributed by atoms with van der Waals surface area (Å²) in [5, 5.41) is 3.75. The summed E-state index contributed by atoms with van der Waals surface area (Å²) >= 11 is 11.1. The zero-order chi connectivity index (χ0) is 18.7. The summed E-state index contributed by atoms with van der Waals surface area (Å²) < 4.78 is 37.3. The fourth-order valence-electron chi connectivity index (χ4n) is 1.88. The van der Waals surface area contributed by atoms with Crippen LogP contribution in [0.3, 0.4) is 0 Å². The summed E-state index contributed by atoms with van der Waals surface area (Å²) in [5.74, 6) is -0.709. The highest BCUT2D eigenvalue weighted by molar-refractivity contribution is 9.11. The van der Waals surface area contributed by atoms with Gasteiger partial charge in [0.05, 0.1) is 15.0 Å². The van der Waals surface area contributed by atoms with E-state index in [1.54, 1.807) is 18.2 Å². The molecule has 0 spiro atoms. The van der Waals surface area contributed by atoms with E-state index in [-0.39, 0.29) is 22.1 Å². The second-order valence-electron chi connectivity index (χ2n) is 4.78. The molecular weight excluding hydrogens is 486 g/mol. The van der Waals surface area contributed by atoms with Crippen molar-refractivity contribution in [2.24, 2.45) is 0 Å². The van der Waals surface area contributed by atoms with Gasteiger partial charge in [0.25, 0.3) is 10.0 Å². The van der Waals surface area contributed by atoms with Gasteiger partial charge in [-0.2, -0.15) is 0 Å². The summed E-state index contributed by atoms with van der Waals surface area (Å²) in [6.45, 7) is -0.160. The highest BCUT2D eigenvalue weighted by Gasteiger charge is 2.21. The van der Waals surface area contributed by atoms with Gasteiger partial charge < -0.3 is 4.74 Å². The average Bonchev–Trinajstić information content (AvgIpc) is 3.21. The molecule has 0 unspecified atom stereocenters. The van der Waals surface area contributed by atoms with Crippen LogP contribution in [0.1, 0.15) is 16.1 Å². The molecule has 136 valence electrons. The van der Waals surface area contributed by atoms with Gasteiger partial charge in [-0.05, 0) is 40.2 Å². The number of halogens is 2. The number of sulfonamides is 1. The highest BCUT2D eigenvalue weighted by Crippen LogP contribution is 2.29. The van der Waals surface area contributed by atoms with Crippen molar-refractivity contribution in [2.45, 2.75) is 10.8 Å². The predicted octanol–water partition coefficient (Wildman–Crippen LogP) is 4.17. The third-order valence-corrected chi connectivity index (χ3v) is 7.52. The number of rotatable bonds is 6. The maximum Gasteiger partial charge on any atom is 0.340 e. The first-order valence-electron chi connectivity index (χ1n) is 6.88. The van der Waals surface area contributed by atoms with Crippen LogP contribution in [0.5, 0.6) is 0 Å². The monoisotopic (exact) mass is 493 g/mol. The number of para-hydroxylation sites is 1. The van der Waals surface area contributed by atoms with Crippen molar-refractivity contribution >= 4 is 72.1 Å². The Morgan fingerprint density at radius 2 is 2.04 bits per heavy atom. The lowest BCUT2D eigenvalue weighted by atomic mass is 10.2. The van der Waals surface area contributed by atoms with Crippen molar-refractivity contribution in [3.8, 4) is 0 Å². The SMILES string of the molecule is O=C(OCc1nnsc1Cl)c1ccccc1NS(=O)(=O)c1ccc(Br)s1. The molecule has 0 aliphatic carbocycles. The zero-order valence-electron chi connectivity index (χ0n) is 12.7. The van der Waals surface area contributed by atoms with Crippen molar-refractivity contribution in [3.05, 3.63) is 55.8 Å². The van der Waals surface area contributed by atoms with Gasteiger partial charge in [0, 0.05) is 11.5 Å². The number of carbonyl (C=O) groups is 1. The molecule has 7 nitrogen and oxygen atoms in total. The maximum absolute atomic E-state index is 12.5. The maximum atomic E-state index is 12.5. The Labute approximate surface area is 170 Å². The molecule has 0 radical (unpaired) electrons. The quantitative estimate of drug-likeness (QED) is 0.516. The number of esters is 1. The van der Waals surface area contributed by atoms with Crippen LogP contribution in [-0.4, -0.2) is 24.0 Å². The van der Waals surface area contributed by atoms with Crippen molar-refractivity contribution < 1.29 is 17.9 Å². The number of ether oxygens (including phenoxy) is 1. The second-order valence-corrected chi connectivity index (χ2v) is 10.5. The van der Waals surface area contributed by atoms with Crippen LogP contribution in [0.2, 0.25) is 4.34 Å². The minimum atomic E-state index is -3.82. The Bertz CT molecular complexity index is 1050. The topological polar surface area (TPSA) is 98.2 Å². The van der Waals surface area contributed by atoms with Crippen LogP contribution in [0.25, 0.3) is 0 Å². The average molecular weight is 495 g/mol. The Morgan fingerprint density at radius 1 is 1.27 bits per heavy atom. The van der Waals surface area contributed by atoms with Crippen LogP contribution in [0, 0.1) is 0 Å². The molecule has 1 aromatic carbocycles. The molecule has 2 heterocycles.